The van der Waals surface area contributed by atoms with Crippen LogP contribution in [0.1, 0.15) is 28.8 Å². The molecule has 1 heterocycles. The van der Waals surface area contributed by atoms with Crippen LogP contribution in [0.25, 0.3) is 5.69 Å². The Labute approximate surface area is 154 Å². The van der Waals surface area contributed by atoms with Crippen LogP contribution in [-0.2, 0) is 6.54 Å². The first-order chi connectivity index (χ1) is 12.6. The van der Waals surface area contributed by atoms with Crippen molar-refractivity contribution in [2.45, 2.75) is 25.4 Å². The van der Waals surface area contributed by atoms with Gasteiger partial charge in [0.05, 0.1) is 12.2 Å². The molecule has 8 heteroatoms. The second kappa shape index (κ2) is 6.84. The molecule has 2 aromatic carbocycles. The summed E-state index contributed by atoms with van der Waals surface area (Å²) in [4.78, 5) is 14.8. The molecule has 0 spiro atoms. The first-order valence-electron chi connectivity index (χ1n) is 8.21. The van der Waals surface area contributed by atoms with Crippen LogP contribution >= 0.6 is 11.6 Å². The summed E-state index contributed by atoms with van der Waals surface area (Å²) in [6, 6.07) is 11.7. The molecule has 0 aliphatic heterocycles. The minimum atomic E-state index is -0.404. The molecule has 0 atom stereocenters. The molecule has 0 unspecified atom stereocenters. The zero-order valence-electron chi connectivity index (χ0n) is 13.7. The zero-order chi connectivity index (χ0) is 18.1. The first-order valence-corrected chi connectivity index (χ1v) is 8.58. The predicted molar refractivity (Wildman–Crippen MR) is 93.5 cm³/mol. The highest BCUT2D eigenvalue weighted by molar-refractivity contribution is 6.31. The van der Waals surface area contributed by atoms with Crippen LogP contribution in [0.5, 0.6) is 0 Å². The molecule has 6 nitrogen and oxygen atoms in total. The van der Waals surface area contributed by atoms with E-state index in [4.69, 9.17) is 11.6 Å². The van der Waals surface area contributed by atoms with Gasteiger partial charge in [0, 0.05) is 22.2 Å². The molecule has 1 aromatic heterocycles. The average Bonchev–Trinajstić information content (AvgIpc) is 3.33. The minimum Gasteiger partial charge on any atom is -0.331 e. The molecule has 0 saturated heterocycles. The summed E-state index contributed by atoms with van der Waals surface area (Å²) in [5, 5.41) is 11.4. The molecule has 26 heavy (non-hydrogen) atoms. The Kier molecular flexibility index (Phi) is 4.38. The van der Waals surface area contributed by atoms with Crippen molar-refractivity contribution in [1.82, 2.24) is 25.1 Å². The molecule has 0 radical (unpaired) electrons. The number of amides is 1. The maximum absolute atomic E-state index is 14.2. The molecule has 1 fully saturated rings. The van der Waals surface area contributed by atoms with Gasteiger partial charge in [-0.15, -0.1) is 5.10 Å². The summed E-state index contributed by atoms with van der Waals surface area (Å²) in [5.74, 6) is -0.569. The Balaban J connectivity index is 1.63. The number of aromatic nitrogens is 4. The number of halogens is 2. The lowest BCUT2D eigenvalue weighted by atomic mass is 10.1. The van der Waals surface area contributed by atoms with Crippen molar-refractivity contribution in [3.05, 3.63) is 70.8 Å². The number of carbonyl (C=O) groups excluding carboxylic acids is 1. The maximum Gasteiger partial charge on any atom is 0.254 e. The Morgan fingerprint density at radius 3 is 2.77 bits per heavy atom. The number of hydrogen-bond donors (Lipinski definition) is 0. The lowest BCUT2D eigenvalue weighted by Gasteiger charge is -2.23. The second-order valence-corrected chi connectivity index (χ2v) is 6.58. The Morgan fingerprint density at radius 1 is 1.27 bits per heavy atom. The maximum atomic E-state index is 14.2. The van der Waals surface area contributed by atoms with E-state index in [1.54, 1.807) is 35.2 Å². The number of hydrogen-bond acceptors (Lipinski definition) is 4. The smallest absolute Gasteiger partial charge is 0.254 e. The normalized spacial score (nSPS) is 13.6. The number of benzene rings is 2. The van der Waals surface area contributed by atoms with Crippen molar-refractivity contribution in [3.8, 4) is 5.69 Å². The standard InChI is InChI=1S/C18H15ClFN5O/c19-16-5-2-6-17(20)15(16)10-24(13-7-8-13)18(26)12-3-1-4-14(9-12)25-11-21-22-23-25/h1-6,9,11,13H,7-8,10H2. The average molecular weight is 372 g/mol. The zero-order valence-corrected chi connectivity index (χ0v) is 14.5. The minimum absolute atomic E-state index is 0.106. The highest BCUT2D eigenvalue weighted by Crippen LogP contribution is 2.32. The van der Waals surface area contributed by atoms with Crippen molar-refractivity contribution in [2.75, 3.05) is 0 Å². The van der Waals surface area contributed by atoms with E-state index in [1.807, 2.05) is 6.07 Å². The van der Waals surface area contributed by atoms with Crippen molar-refractivity contribution < 1.29 is 9.18 Å². The van der Waals surface area contributed by atoms with Crippen LogP contribution in [0, 0.1) is 5.82 Å². The summed E-state index contributed by atoms with van der Waals surface area (Å²) in [7, 11) is 0. The van der Waals surface area contributed by atoms with Gasteiger partial charge in [-0.2, -0.15) is 0 Å². The van der Waals surface area contributed by atoms with Gasteiger partial charge >= 0.3 is 0 Å². The van der Waals surface area contributed by atoms with Gasteiger partial charge in [0.25, 0.3) is 5.91 Å². The van der Waals surface area contributed by atoms with Crippen LogP contribution in [0.4, 0.5) is 4.39 Å². The van der Waals surface area contributed by atoms with E-state index < -0.39 is 5.82 Å². The number of rotatable bonds is 5. The van der Waals surface area contributed by atoms with Crippen LogP contribution in [0.15, 0.2) is 48.8 Å². The molecule has 1 saturated carbocycles. The summed E-state index contributed by atoms with van der Waals surface area (Å²) < 4.78 is 15.6. The van der Waals surface area contributed by atoms with Crippen LogP contribution in [0.2, 0.25) is 5.02 Å². The number of tetrazole rings is 1. The van der Waals surface area contributed by atoms with Gasteiger partial charge < -0.3 is 4.90 Å². The molecule has 1 aliphatic rings. The fourth-order valence-electron chi connectivity index (χ4n) is 2.83. The summed E-state index contributed by atoms with van der Waals surface area (Å²) in [5.41, 5.74) is 1.52. The monoisotopic (exact) mass is 371 g/mol. The van der Waals surface area contributed by atoms with E-state index in [1.165, 1.54) is 17.1 Å². The van der Waals surface area contributed by atoms with E-state index in [-0.39, 0.29) is 18.5 Å². The topological polar surface area (TPSA) is 63.9 Å². The lowest BCUT2D eigenvalue weighted by molar-refractivity contribution is 0.0728. The van der Waals surface area contributed by atoms with Gasteiger partial charge in [0.1, 0.15) is 12.1 Å². The largest absolute Gasteiger partial charge is 0.331 e. The van der Waals surface area contributed by atoms with Gasteiger partial charge in [-0.1, -0.05) is 23.7 Å². The molecule has 0 bridgehead atoms. The fraction of sp³-hybridized carbons (Fsp3) is 0.222. The lowest BCUT2D eigenvalue weighted by Crippen LogP contribution is -2.33. The predicted octanol–water partition coefficient (Wildman–Crippen LogP) is 3.26. The Hall–Kier alpha value is -2.80. The van der Waals surface area contributed by atoms with E-state index in [0.717, 1.165) is 12.8 Å². The third kappa shape index (κ3) is 3.30. The van der Waals surface area contributed by atoms with Gasteiger partial charge in [-0.25, -0.2) is 9.07 Å². The number of carbonyl (C=O) groups is 1. The SMILES string of the molecule is O=C(c1cccc(-n2cnnn2)c1)N(Cc1c(F)cccc1Cl)C1CC1. The first kappa shape index (κ1) is 16.7. The molecule has 3 aromatic rings. The van der Waals surface area contributed by atoms with Crippen LogP contribution < -0.4 is 0 Å². The summed E-state index contributed by atoms with van der Waals surface area (Å²) >= 11 is 6.14. The van der Waals surface area contributed by atoms with Crippen LogP contribution in [-0.4, -0.2) is 37.1 Å². The molecule has 1 amide bonds. The van der Waals surface area contributed by atoms with E-state index >= 15 is 0 Å². The van der Waals surface area contributed by atoms with E-state index in [2.05, 4.69) is 15.5 Å². The molecular weight excluding hydrogens is 357 g/mol. The number of nitrogens with zero attached hydrogens (tertiary/aromatic N) is 5. The second-order valence-electron chi connectivity index (χ2n) is 6.17. The third-order valence-corrected chi connectivity index (χ3v) is 4.70. The van der Waals surface area contributed by atoms with Gasteiger partial charge in [0.2, 0.25) is 0 Å². The fourth-order valence-corrected chi connectivity index (χ4v) is 3.06. The van der Waals surface area contributed by atoms with Gasteiger partial charge in [-0.05, 0) is 53.6 Å². The summed E-state index contributed by atoms with van der Waals surface area (Å²) in [6.07, 6.45) is 3.27. The quantitative estimate of drug-likeness (QED) is 0.690. The third-order valence-electron chi connectivity index (χ3n) is 4.35. The van der Waals surface area contributed by atoms with Crippen molar-refractivity contribution >= 4 is 17.5 Å². The highest BCUT2D eigenvalue weighted by atomic mass is 35.5. The molecule has 4 rings (SSSR count). The van der Waals surface area contributed by atoms with Crippen molar-refractivity contribution in [2.24, 2.45) is 0 Å². The molecule has 0 N–H and O–H groups in total. The van der Waals surface area contributed by atoms with Crippen LogP contribution in [0.3, 0.4) is 0 Å². The Morgan fingerprint density at radius 2 is 2.08 bits per heavy atom. The van der Waals surface area contributed by atoms with E-state index in [0.29, 0.717) is 21.8 Å². The van der Waals surface area contributed by atoms with Crippen molar-refractivity contribution in [3.63, 3.8) is 0 Å². The Bertz CT molecular complexity index is 922. The van der Waals surface area contributed by atoms with Gasteiger partial charge in [-0.3, -0.25) is 4.79 Å². The van der Waals surface area contributed by atoms with E-state index in [9.17, 15) is 9.18 Å². The summed E-state index contributed by atoms with van der Waals surface area (Å²) in [6.45, 7) is 0.143. The highest BCUT2D eigenvalue weighted by Gasteiger charge is 2.34. The molecular formula is C18H15ClFN5O. The molecule has 1 aliphatic carbocycles. The molecule has 132 valence electrons. The van der Waals surface area contributed by atoms with Gasteiger partial charge in [0.15, 0.2) is 0 Å². The van der Waals surface area contributed by atoms with Crippen molar-refractivity contribution in [1.29, 1.82) is 0 Å².